The van der Waals surface area contributed by atoms with Crippen LogP contribution in [0, 0.1) is 0 Å². The Morgan fingerprint density at radius 3 is 2.71 bits per heavy atom. The van der Waals surface area contributed by atoms with Crippen molar-refractivity contribution in [2.24, 2.45) is 0 Å². The maximum absolute atomic E-state index is 9.72. The summed E-state index contributed by atoms with van der Waals surface area (Å²) < 4.78 is 0. The molecule has 0 amide bonds. The van der Waals surface area contributed by atoms with Crippen molar-refractivity contribution in [2.75, 3.05) is 32.7 Å². The van der Waals surface area contributed by atoms with Gasteiger partial charge < -0.3 is 15.3 Å². The zero-order valence-corrected chi connectivity index (χ0v) is 10.5. The van der Waals surface area contributed by atoms with Crippen molar-refractivity contribution in [3.8, 4) is 0 Å². The van der Waals surface area contributed by atoms with Gasteiger partial charge in [-0.05, 0) is 24.5 Å². The van der Waals surface area contributed by atoms with Crippen molar-refractivity contribution in [1.29, 1.82) is 0 Å². The number of hydrogen-bond acceptors (Lipinski definition) is 3. The van der Waals surface area contributed by atoms with E-state index in [9.17, 15) is 5.11 Å². The van der Waals surface area contributed by atoms with E-state index in [1.807, 2.05) is 19.1 Å². The lowest BCUT2D eigenvalue weighted by molar-refractivity contribution is 0.197. The van der Waals surface area contributed by atoms with E-state index in [0.29, 0.717) is 0 Å². The Morgan fingerprint density at radius 1 is 1.29 bits per heavy atom. The van der Waals surface area contributed by atoms with Crippen molar-refractivity contribution in [1.82, 2.24) is 10.2 Å². The molecule has 0 aliphatic carbocycles. The van der Waals surface area contributed by atoms with E-state index >= 15 is 0 Å². The summed E-state index contributed by atoms with van der Waals surface area (Å²) in [5, 5.41) is 13.1. The van der Waals surface area contributed by atoms with Crippen LogP contribution in [-0.2, 0) is 6.42 Å². The molecule has 3 heteroatoms. The smallest absolute Gasteiger partial charge is 0.0764 e. The molecule has 1 heterocycles. The van der Waals surface area contributed by atoms with Gasteiger partial charge in [0.1, 0.15) is 0 Å². The van der Waals surface area contributed by atoms with Crippen molar-refractivity contribution in [3.05, 3.63) is 35.4 Å². The van der Waals surface area contributed by atoms with Gasteiger partial charge in [-0.25, -0.2) is 0 Å². The fraction of sp³-hybridized carbons (Fsp3) is 0.571. The molecular weight excluding hydrogens is 212 g/mol. The molecule has 1 aromatic rings. The average Bonchev–Trinajstić information content (AvgIpc) is 2.38. The van der Waals surface area contributed by atoms with Crippen molar-refractivity contribution in [3.63, 3.8) is 0 Å². The second-order valence-corrected chi connectivity index (χ2v) is 4.72. The van der Waals surface area contributed by atoms with Crippen LogP contribution in [0.5, 0.6) is 0 Å². The second-order valence-electron chi connectivity index (χ2n) is 4.72. The van der Waals surface area contributed by atoms with Gasteiger partial charge >= 0.3 is 0 Å². The number of rotatable bonds is 4. The van der Waals surface area contributed by atoms with Crippen LogP contribution >= 0.6 is 0 Å². The minimum Gasteiger partial charge on any atom is -0.389 e. The van der Waals surface area contributed by atoms with Gasteiger partial charge in [-0.15, -0.1) is 0 Å². The van der Waals surface area contributed by atoms with Crippen molar-refractivity contribution < 1.29 is 5.11 Å². The molecule has 17 heavy (non-hydrogen) atoms. The van der Waals surface area contributed by atoms with Gasteiger partial charge in [0, 0.05) is 32.7 Å². The minimum absolute atomic E-state index is 0.366. The van der Waals surface area contributed by atoms with Crippen LogP contribution < -0.4 is 5.32 Å². The lowest BCUT2D eigenvalue weighted by Gasteiger charge is -2.27. The lowest BCUT2D eigenvalue weighted by Crippen LogP contribution is -2.44. The number of nitrogens with one attached hydrogen (secondary N) is 1. The van der Waals surface area contributed by atoms with Crippen molar-refractivity contribution in [2.45, 2.75) is 19.4 Å². The summed E-state index contributed by atoms with van der Waals surface area (Å²) in [6, 6.07) is 8.21. The summed E-state index contributed by atoms with van der Waals surface area (Å²) >= 11 is 0. The first-order valence-corrected chi connectivity index (χ1v) is 6.46. The Morgan fingerprint density at radius 2 is 2.00 bits per heavy atom. The molecule has 94 valence electrons. The Labute approximate surface area is 103 Å². The van der Waals surface area contributed by atoms with E-state index < -0.39 is 0 Å². The molecule has 3 nitrogen and oxygen atoms in total. The molecule has 1 saturated heterocycles. The normalized spacial score (nSPS) is 19.2. The molecule has 1 unspecified atom stereocenters. The SMILES string of the molecule is CC(O)c1ccccc1CCN1CCNCC1. The highest BCUT2D eigenvalue weighted by atomic mass is 16.3. The molecule has 1 fully saturated rings. The monoisotopic (exact) mass is 234 g/mol. The molecule has 1 aromatic carbocycles. The van der Waals surface area contributed by atoms with E-state index in [-0.39, 0.29) is 6.10 Å². The number of aliphatic hydroxyl groups is 1. The molecule has 0 bridgehead atoms. The number of hydrogen-bond donors (Lipinski definition) is 2. The van der Waals surface area contributed by atoms with Crippen molar-refractivity contribution >= 4 is 0 Å². The van der Waals surface area contributed by atoms with Gasteiger partial charge in [0.15, 0.2) is 0 Å². The van der Waals surface area contributed by atoms with Gasteiger partial charge in [-0.1, -0.05) is 24.3 Å². The van der Waals surface area contributed by atoms with Gasteiger partial charge in [0.25, 0.3) is 0 Å². The molecular formula is C14H22N2O. The highest BCUT2D eigenvalue weighted by Gasteiger charge is 2.11. The predicted octanol–water partition coefficient (Wildman–Crippen LogP) is 1.19. The molecule has 1 aliphatic rings. The third-order valence-electron chi connectivity index (χ3n) is 3.41. The molecule has 1 atom stereocenters. The Hall–Kier alpha value is -0.900. The van der Waals surface area contributed by atoms with E-state index in [2.05, 4.69) is 22.3 Å². The molecule has 2 N–H and O–H groups in total. The topological polar surface area (TPSA) is 35.5 Å². The summed E-state index contributed by atoms with van der Waals surface area (Å²) in [4.78, 5) is 2.48. The van der Waals surface area contributed by atoms with Gasteiger partial charge in [0.2, 0.25) is 0 Å². The lowest BCUT2D eigenvalue weighted by atomic mass is 10.0. The fourth-order valence-corrected chi connectivity index (χ4v) is 2.38. The first kappa shape index (κ1) is 12.6. The Kier molecular flexibility index (Phi) is 4.54. The summed E-state index contributed by atoms with van der Waals surface area (Å²) in [5.74, 6) is 0. The second kappa shape index (κ2) is 6.15. The summed E-state index contributed by atoms with van der Waals surface area (Å²) in [6.45, 7) is 7.39. The summed E-state index contributed by atoms with van der Waals surface area (Å²) in [6.07, 6.45) is 0.662. The zero-order chi connectivity index (χ0) is 12.1. The standard InChI is InChI=1S/C14H22N2O/c1-12(17)14-5-3-2-4-13(14)6-9-16-10-7-15-8-11-16/h2-5,12,15,17H,6-11H2,1H3. The fourth-order valence-electron chi connectivity index (χ4n) is 2.38. The number of aliphatic hydroxyl groups excluding tert-OH is 1. The Balaban J connectivity index is 1.93. The number of nitrogens with zero attached hydrogens (tertiary/aromatic N) is 1. The number of piperazine rings is 1. The average molecular weight is 234 g/mol. The van der Waals surface area contributed by atoms with Crippen LogP contribution in [-0.4, -0.2) is 42.7 Å². The quantitative estimate of drug-likeness (QED) is 0.821. The summed E-state index contributed by atoms with van der Waals surface area (Å²) in [5.41, 5.74) is 2.35. The molecule has 1 aliphatic heterocycles. The van der Waals surface area contributed by atoms with E-state index in [1.54, 1.807) is 0 Å². The largest absolute Gasteiger partial charge is 0.389 e. The van der Waals surface area contributed by atoms with Crippen LogP contribution in [0.15, 0.2) is 24.3 Å². The number of benzene rings is 1. The van der Waals surface area contributed by atoms with Crippen LogP contribution in [0.1, 0.15) is 24.2 Å². The van der Waals surface area contributed by atoms with E-state index in [0.717, 1.165) is 44.7 Å². The molecule has 0 spiro atoms. The maximum Gasteiger partial charge on any atom is 0.0764 e. The van der Waals surface area contributed by atoms with Gasteiger partial charge in [0.05, 0.1) is 6.10 Å². The third kappa shape index (κ3) is 3.53. The van der Waals surface area contributed by atoms with Crippen LogP contribution in [0.4, 0.5) is 0 Å². The molecule has 0 aromatic heterocycles. The van der Waals surface area contributed by atoms with Crippen LogP contribution in [0.2, 0.25) is 0 Å². The molecule has 0 saturated carbocycles. The van der Waals surface area contributed by atoms with E-state index in [4.69, 9.17) is 0 Å². The first-order valence-electron chi connectivity index (χ1n) is 6.46. The predicted molar refractivity (Wildman–Crippen MR) is 70.1 cm³/mol. The highest BCUT2D eigenvalue weighted by molar-refractivity contribution is 5.29. The van der Waals surface area contributed by atoms with Crippen LogP contribution in [0.25, 0.3) is 0 Å². The van der Waals surface area contributed by atoms with E-state index in [1.165, 1.54) is 5.56 Å². The highest BCUT2D eigenvalue weighted by Crippen LogP contribution is 2.18. The van der Waals surface area contributed by atoms with Crippen LogP contribution in [0.3, 0.4) is 0 Å². The van der Waals surface area contributed by atoms with Gasteiger partial charge in [-0.2, -0.15) is 0 Å². The Bertz CT molecular complexity index is 346. The third-order valence-corrected chi connectivity index (χ3v) is 3.41. The zero-order valence-electron chi connectivity index (χ0n) is 10.5. The summed E-state index contributed by atoms with van der Waals surface area (Å²) in [7, 11) is 0. The first-order chi connectivity index (χ1) is 8.27. The molecule has 0 radical (unpaired) electrons. The van der Waals surface area contributed by atoms with Gasteiger partial charge in [-0.3, -0.25) is 0 Å². The maximum atomic E-state index is 9.72. The minimum atomic E-state index is -0.366. The molecule has 2 rings (SSSR count).